The molecule has 5 heteroatoms. The van der Waals surface area contributed by atoms with Gasteiger partial charge in [0.05, 0.1) is 5.56 Å². The lowest BCUT2D eigenvalue weighted by atomic mass is 10.1. The van der Waals surface area contributed by atoms with Crippen molar-refractivity contribution in [2.24, 2.45) is 0 Å². The summed E-state index contributed by atoms with van der Waals surface area (Å²) in [6.45, 7) is 0. The number of phenolic OH excluding ortho intramolecular Hbond substituents is 2. The maximum atomic E-state index is 10.9. The highest BCUT2D eigenvalue weighted by Gasteiger charge is 2.33. The van der Waals surface area contributed by atoms with Crippen LogP contribution in [0.15, 0.2) is 12.1 Å². The molecular weight excluding hydrogens is 176 g/mol. The fourth-order valence-electron chi connectivity index (χ4n) is 1.15. The van der Waals surface area contributed by atoms with Gasteiger partial charge in [0.2, 0.25) is 0 Å². The molecule has 5 nitrogen and oxygen atoms in total. The summed E-state index contributed by atoms with van der Waals surface area (Å²) in [5, 5.41) is 18.2. The van der Waals surface area contributed by atoms with Crippen molar-refractivity contribution in [3.63, 3.8) is 0 Å². The quantitative estimate of drug-likeness (QED) is 0.343. The molecule has 0 amide bonds. The van der Waals surface area contributed by atoms with Crippen molar-refractivity contribution in [3.05, 3.63) is 23.3 Å². The van der Waals surface area contributed by atoms with Crippen LogP contribution in [0, 0.1) is 0 Å². The molecule has 0 aromatic heterocycles. The highest BCUT2D eigenvalue weighted by molar-refractivity contribution is 6.16. The van der Waals surface area contributed by atoms with Crippen molar-refractivity contribution in [2.75, 3.05) is 0 Å². The predicted octanol–water partition coefficient (Wildman–Crippen LogP) is 0.408. The number of carbonyl (C=O) groups is 2. The number of aromatic hydroxyl groups is 2. The topological polar surface area (TPSA) is 83.8 Å². The minimum Gasteiger partial charge on any atom is -0.504 e. The number of ether oxygens (including phenoxy) is 1. The van der Waals surface area contributed by atoms with Gasteiger partial charge in [-0.2, -0.15) is 0 Å². The van der Waals surface area contributed by atoms with E-state index in [4.69, 9.17) is 5.11 Å². The van der Waals surface area contributed by atoms with Crippen LogP contribution in [0.1, 0.15) is 20.7 Å². The molecular formula is C8H4O5. The van der Waals surface area contributed by atoms with E-state index in [2.05, 4.69) is 4.74 Å². The number of phenols is 2. The second-order valence-corrected chi connectivity index (χ2v) is 2.53. The van der Waals surface area contributed by atoms with Gasteiger partial charge in [0.15, 0.2) is 11.5 Å². The van der Waals surface area contributed by atoms with E-state index in [-0.39, 0.29) is 11.1 Å². The van der Waals surface area contributed by atoms with Crippen molar-refractivity contribution in [3.8, 4) is 11.5 Å². The molecule has 0 aliphatic carbocycles. The molecule has 0 saturated heterocycles. The molecule has 1 heterocycles. The Morgan fingerprint density at radius 1 is 1.08 bits per heavy atom. The van der Waals surface area contributed by atoms with Crippen molar-refractivity contribution >= 4 is 11.9 Å². The second kappa shape index (κ2) is 2.22. The van der Waals surface area contributed by atoms with E-state index in [1.54, 1.807) is 0 Å². The molecule has 0 fully saturated rings. The summed E-state index contributed by atoms with van der Waals surface area (Å²) >= 11 is 0. The van der Waals surface area contributed by atoms with E-state index in [0.29, 0.717) is 0 Å². The Hall–Kier alpha value is -2.04. The number of carbonyl (C=O) groups excluding carboxylic acids is 2. The van der Waals surface area contributed by atoms with E-state index in [9.17, 15) is 14.7 Å². The van der Waals surface area contributed by atoms with Gasteiger partial charge in [-0.25, -0.2) is 9.59 Å². The lowest BCUT2D eigenvalue weighted by Crippen LogP contribution is -1.97. The van der Waals surface area contributed by atoms with Gasteiger partial charge in [-0.05, 0) is 12.1 Å². The molecule has 0 radical (unpaired) electrons. The van der Waals surface area contributed by atoms with Gasteiger partial charge in [0.25, 0.3) is 0 Å². The Morgan fingerprint density at radius 2 is 1.77 bits per heavy atom. The molecule has 0 spiro atoms. The number of cyclic esters (lactones) is 2. The molecule has 1 aliphatic heterocycles. The Labute approximate surface area is 72.2 Å². The van der Waals surface area contributed by atoms with Gasteiger partial charge < -0.3 is 14.9 Å². The first-order chi connectivity index (χ1) is 6.11. The minimum absolute atomic E-state index is 0.0275. The van der Waals surface area contributed by atoms with Crippen LogP contribution in [0.5, 0.6) is 11.5 Å². The molecule has 0 bridgehead atoms. The normalized spacial score (nSPS) is 14.2. The SMILES string of the molecule is O=C1OC(=O)c2c1ccc(O)c2O. The van der Waals surface area contributed by atoms with Gasteiger partial charge in [-0.15, -0.1) is 0 Å². The zero-order valence-corrected chi connectivity index (χ0v) is 6.27. The molecule has 2 N–H and O–H groups in total. The molecule has 0 unspecified atom stereocenters. The largest absolute Gasteiger partial charge is 0.504 e. The summed E-state index contributed by atoms with van der Waals surface area (Å²) in [6, 6.07) is 2.34. The predicted molar refractivity (Wildman–Crippen MR) is 39.5 cm³/mol. The van der Waals surface area contributed by atoms with Crippen LogP contribution < -0.4 is 0 Å². The summed E-state index contributed by atoms with van der Waals surface area (Å²) < 4.78 is 4.22. The summed E-state index contributed by atoms with van der Waals surface area (Å²) in [4.78, 5) is 21.8. The first-order valence-electron chi connectivity index (χ1n) is 3.42. The summed E-state index contributed by atoms with van der Waals surface area (Å²) in [6.07, 6.45) is 0. The number of rotatable bonds is 0. The number of hydrogen-bond acceptors (Lipinski definition) is 5. The standard InChI is InChI=1S/C8H4O5/c9-4-2-1-3-5(6(4)10)8(12)13-7(3)11/h1-2,9-10H. The number of benzene rings is 1. The minimum atomic E-state index is -0.937. The number of hydrogen-bond donors (Lipinski definition) is 2. The summed E-state index contributed by atoms with van der Waals surface area (Å²) in [7, 11) is 0. The zero-order chi connectivity index (χ0) is 9.59. The highest BCUT2D eigenvalue weighted by Crippen LogP contribution is 2.35. The average Bonchev–Trinajstić information content (AvgIpc) is 2.35. The Kier molecular flexibility index (Phi) is 1.30. The summed E-state index contributed by atoms with van der Waals surface area (Å²) in [5.74, 6) is -2.82. The van der Waals surface area contributed by atoms with Crippen LogP contribution in [0.25, 0.3) is 0 Å². The molecule has 13 heavy (non-hydrogen) atoms. The van der Waals surface area contributed by atoms with E-state index in [0.717, 1.165) is 6.07 Å². The van der Waals surface area contributed by atoms with Gasteiger partial charge in [-0.1, -0.05) is 0 Å². The van der Waals surface area contributed by atoms with Gasteiger partial charge in [-0.3, -0.25) is 0 Å². The monoisotopic (exact) mass is 180 g/mol. The van der Waals surface area contributed by atoms with Crippen molar-refractivity contribution < 1.29 is 24.5 Å². The molecule has 1 aromatic carbocycles. The molecule has 1 aliphatic rings. The van der Waals surface area contributed by atoms with Crippen LogP contribution in [0.4, 0.5) is 0 Å². The van der Waals surface area contributed by atoms with E-state index >= 15 is 0 Å². The lowest BCUT2D eigenvalue weighted by molar-refractivity contribution is 0.0443. The van der Waals surface area contributed by atoms with Crippen molar-refractivity contribution in [1.82, 2.24) is 0 Å². The first kappa shape index (κ1) is 7.60. The zero-order valence-electron chi connectivity index (χ0n) is 6.27. The Bertz CT molecular complexity index is 421. The van der Waals surface area contributed by atoms with E-state index in [1.165, 1.54) is 6.07 Å². The maximum Gasteiger partial charge on any atom is 0.350 e. The Balaban J connectivity index is 2.78. The number of esters is 2. The number of fused-ring (bicyclic) bond motifs is 1. The van der Waals surface area contributed by atoms with Gasteiger partial charge in [0.1, 0.15) is 5.56 Å². The third-order valence-corrected chi connectivity index (χ3v) is 1.77. The first-order valence-corrected chi connectivity index (χ1v) is 3.42. The van der Waals surface area contributed by atoms with Crippen LogP contribution >= 0.6 is 0 Å². The summed E-state index contributed by atoms with van der Waals surface area (Å²) in [5.41, 5.74) is -0.301. The second-order valence-electron chi connectivity index (χ2n) is 2.53. The smallest absolute Gasteiger partial charge is 0.350 e. The molecule has 1 aromatic rings. The van der Waals surface area contributed by atoms with Crippen LogP contribution in [-0.2, 0) is 4.74 Å². The van der Waals surface area contributed by atoms with Crippen molar-refractivity contribution in [2.45, 2.75) is 0 Å². The fourth-order valence-corrected chi connectivity index (χ4v) is 1.15. The van der Waals surface area contributed by atoms with Crippen LogP contribution in [-0.4, -0.2) is 22.2 Å². The van der Waals surface area contributed by atoms with E-state index < -0.39 is 23.4 Å². The highest BCUT2D eigenvalue weighted by atomic mass is 16.6. The Morgan fingerprint density at radius 3 is 2.46 bits per heavy atom. The third-order valence-electron chi connectivity index (χ3n) is 1.77. The maximum absolute atomic E-state index is 10.9. The fraction of sp³-hybridized carbons (Fsp3) is 0. The van der Waals surface area contributed by atoms with Crippen molar-refractivity contribution in [1.29, 1.82) is 0 Å². The molecule has 2 rings (SSSR count). The van der Waals surface area contributed by atoms with E-state index in [1.807, 2.05) is 0 Å². The van der Waals surface area contributed by atoms with Crippen LogP contribution in [0.3, 0.4) is 0 Å². The van der Waals surface area contributed by atoms with Gasteiger partial charge in [0, 0.05) is 0 Å². The van der Waals surface area contributed by atoms with Crippen LogP contribution in [0.2, 0.25) is 0 Å². The van der Waals surface area contributed by atoms with Gasteiger partial charge >= 0.3 is 11.9 Å². The average molecular weight is 180 g/mol. The third kappa shape index (κ3) is 0.868. The molecule has 66 valence electrons. The lowest BCUT2D eigenvalue weighted by Gasteiger charge is -1.98. The molecule has 0 atom stereocenters. The molecule has 0 saturated carbocycles.